The molecule has 1 heteroatoms. The van der Waals surface area contributed by atoms with Crippen LogP contribution >= 0.6 is 0 Å². The summed E-state index contributed by atoms with van der Waals surface area (Å²) < 4.78 is 0. The molecule has 148 valence electrons. The lowest BCUT2D eigenvalue weighted by molar-refractivity contribution is -0.129. The Morgan fingerprint density at radius 3 is 2.50 bits per heavy atom. The van der Waals surface area contributed by atoms with Gasteiger partial charge in [0, 0.05) is 0 Å². The Morgan fingerprint density at radius 2 is 1.73 bits per heavy atom. The maximum absolute atomic E-state index is 10.2. The number of fused-ring (bicyclic) bond motifs is 5. The summed E-state index contributed by atoms with van der Waals surface area (Å²) in [5, 5.41) is 10.2. The number of hydrogen-bond donors (Lipinski definition) is 1. The number of rotatable bonds is 4. The van der Waals surface area contributed by atoms with Crippen molar-refractivity contribution in [1.82, 2.24) is 0 Å². The van der Waals surface area contributed by atoms with Crippen LogP contribution in [0, 0.1) is 46.3 Å². The molecule has 0 heterocycles. The minimum Gasteiger partial charge on any atom is -0.393 e. The van der Waals surface area contributed by atoms with E-state index < -0.39 is 0 Å². The molecule has 0 saturated heterocycles. The minimum atomic E-state index is -0.0138. The van der Waals surface area contributed by atoms with E-state index in [0.717, 1.165) is 48.3 Å². The van der Waals surface area contributed by atoms with Crippen LogP contribution in [-0.4, -0.2) is 11.2 Å². The predicted molar refractivity (Wildman–Crippen MR) is 110 cm³/mol. The molecule has 0 amide bonds. The summed E-state index contributed by atoms with van der Waals surface area (Å²) in [4.78, 5) is 0. The van der Waals surface area contributed by atoms with Crippen LogP contribution in [0.5, 0.6) is 0 Å². The molecule has 0 bridgehead atoms. The molecular formula is C25H42O. The van der Waals surface area contributed by atoms with Gasteiger partial charge in [0.05, 0.1) is 6.10 Å². The molecule has 1 nitrogen and oxygen atoms in total. The molecule has 0 radical (unpaired) electrons. The van der Waals surface area contributed by atoms with Gasteiger partial charge in [0.15, 0.2) is 0 Å². The largest absolute Gasteiger partial charge is 0.393 e. The standard InChI is InChI=1S/C25H42O/c1-5-6-7-17(2)21-10-11-22-20-9-8-18-16-19(26)12-14-24(18,3)23(20)13-15-25(21,22)4/h5,17-23,26H,1,6-16H2,2-4H3. The average molecular weight is 359 g/mol. The highest BCUT2D eigenvalue weighted by molar-refractivity contribution is 5.09. The lowest BCUT2D eigenvalue weighted by Crippen LogP contribution is -2.54. The van der Waals surface area contributed by atoms with Gasteiger partial charge in [-0.25, -0.2) is 0 Å². The van der Waals surface area contributed by atoms with Crippen molar-refractivity contribution in [2.75, 3.05) is 0 Å². The highest BCUT2D eigenvalue weighted by Gasteiger charge is 2.60. The van der Waals surface area contributed by atoms with Crippen molar-refractivity contribution in [3.63, 3.8) is 0 Å². The summed E-state index contributed by atoms with van der Waals surface area (Å²) in [6, 6.07) is 0. The Kier molecular flexibility index (Phi) is 5.08. The Morgan fingerprint density at radius 1 is 1.00 bits per heavy atom. The zero-order valence-electron chi connectivity index (χ0n) is 17.6. The summed E-state index contributed by atoms with van der Waals surface area (Å²) in [6.45, 7) is 11.8. The number of allylic oxidation sites excluding steroid dienone is 1. The number of aliphatic hydroxyl groups is 1. The first-order chi connectivity index (χ1) is 12.4. The summed E-state index contributed by atoms with van der Waals surface area (Å²) in [5.74, 6) is 5.47. The molecule has 0 aromatic heterocycles. The molecule has 4 aliphatic carbocycles. The third kappa shape index (κ3) is 2.83. The third-order valence-electron chi connectivity index (χ3n) is 10.2. The monoisotopic (exact) mass is 358 g/mol. The van der Waals surface area contributed by atoms with Crippen LogP contribution in [0.25, 0.3) is 0 Å². The second-order valence-corrected chi connectivity index (χ2v) is 11.2. The highest BCUT2D eigenvalue weighted by Crippen LogP contribution is 2.68. The number of aliphatic hydroxyl groups excluding tert-OH is 1. The molecule has 4 fully saturated rings. The van der Waals surface area contributed by atoms with Crippen LogP contribution in [0.2, 0.25) is 0 Å². The Labute approximate surface area is 162 Å². The fourth-order valence-electron chi connectivity index (χ4n) is 8.79. The van der Waals surface area contributed by atoms with Crippen molar-refractivity contribution in [2.24, 2.45) is 46.3 Å². The van der Waals surface area contributed by atoms with Crippen LogP contribution in [0.15, 0.2) is 12.7 Å². The zero-order chi connectivity index (χ0) is 18.5. The van der Waals surface area contributed by atoms with Gasteiger partial charge >= 0.3 is 0 Å². The van der Waals surface area contributed by atoms with E-state index in [2.05, 4.69) is 33.4 Å². The molecule has 26 heavy (non-hydrogen) atoms. The Hall–Kier alpha value is -0.300. The minimum absolute atomic E-state index is 0.0138. The maximum Gasteiger partial charge on any atom is 0.0543 e. The van der Waals surface area contributed by atoms with Crippen LogP contribution in [0.3, 0.4) is 0 Å². The zero-order valence-corrected chi connectivity index (χ0v) is 17.6. The molecule has 4 rings (SSSR count). The van der Waals surface area contributed by atoms with Gasteiger partial charge < -0.3 is 5.11 Å². The summed E-state index contributed by atoms with van der Waals surface area (Å²) >= 11 is 0. The SMILES string of the molecule is C=CCCC(C)C1CCC2C3CCC4CC(O)CCC4(C)C3CCC12C. The van der Waals surface area contributed by atoms with Crippen LogP contribution in [-0.2, 0) is 0 Å². The summed E-state index contributed by atoms with van der Waals surface area (Å²) in [7, 11) is 0. The van der Waals surface area contributed by atoms with E-state index in [0.29, 0.717) is 10.8 Å². The fourth-order valence-corrected chi connectivity index (χ4v) is 8.79. The molecule has 1 N–H and O–H groups in total. The van der Waals surface area contributed by atoms with Crippen LogP contribution in [0.1, 0.15) is 91.4 Å². The van der Waals surface area contributed by atoms with Crippen LogP contribution in [0.4, 0.5) is 0 Å². The summed E-state index contributed by atoms with van der Waals surface area (Å²) in [5.41, 5.74) is 1.12. The van der Waals surface area contributed by atoms with E-state index in [1.165, 1.54) is 57.8 Å². The molecule has 9 atom stereocenters. The first-order valence-electron chi connectivity index (χ1n) is 11.7. The van der Waals surface area contributed by atoms with Gasteiger partial charge in [-0.1, -0.05) is 26.8 Å². The molecule has 0 aliphatic heterocycles. The van der Waals surface area contributed by atoms with Crippen molar-refractivity contribution in [3.05, 3.63) is 12.7 Å². The van der Waals surface area contributed by atoms with E-state index in [-0.39, 0.29) is 6.10 Å². The van der Waals surface area contributed by atoms with Gasteiger partial charge in [-0.05, 0) is 117 Å². The van der Waals surface area contributed by atoms with E-state index in [4.69, 9.17) is 0 Å². The Bertz CT molecular complexity index is 526. The normalized spacial score (nSPS) is 51.8. The molecule has 0 aromatic rings. The quantitative estimate of drug-likeness (QED) is 0.561. The summed E-state index contributed by atoms with van der Waals surface area (Å²) in [6.07, 6.45) is 16.8. The second-order valence-electron chi connectivity index (χ2n) is 11.2. The third-order valence-corrected chi connectivity index (χ3v) is 10.2. The van der Waals surface area contributed by atoms with Gasteiger partial charge in [-0.2, -0.15) is 0 Å². The molecule has 0 spiro atoms. The molecule has 0 aromatic carbocycles. The van der Waals surface area contributed by atoms with E-state index >= 15 is 0 Å². The molecule has 4 aliphatic rings. The van der Waals surface area contributed by atoms with Gasteiger partial charge in [-0.15, -0.1) is 6.58 Å². The van der Waals surface area contributed by atoms with Crippen LogP contribution < -0.4 is 0 Å². The van der Waals surface area contributed by atoms with E-state index in [1.54, 1.807) is 0 Å². The van der Waals surface area contributed by atoms with E-state index in [9.17, 15) is 5.11 Å². The van der Waals surface area contributed by atoms with Gasteiger partial charge in [-0.3, -0.25) is 0 Å². The molecule has 4 saturated carbocycles. The molecule has 9 unspecified atom stereocenters. The van der Waals surface area contributed by atoms with Gasteiger partial charge in [0.1, 0.15) is 0 Å². The second kappa shape index (κ2) is 6.94. The number of hydrogen-bond acceptors (Lipinski definition) is 1. The smallest absolute Gasteiger partial charge is 0.0543 e. The highest BCUT2D eigenvalue weighted by atomic mass is 16.3. The predicted octanol–water partition coefficient (Wildman–Crippen LogP) is 6.61. The lowest BCUT2D eigenvalue weighted by Gasteiger charge is -2.61. The van der Waals surface area contributed by atoms with Crippen molar-refractivity contribution >= 4 is 0 Å². The topological polar surface area (TPSA) is 20.2 Å². The first kappa shape index (κ1) is 19.0. The van der Waals surface area contributed by atoms with Crippen molar-refractivity contribution < 1.29 is 5.11 Å². The van der Waals surface area contributed by atoms with Crippen molar-refractivity contribution in [3.8, 4) is 0 Å². The maximum atomic E-state index is 10.2. The Balaban J connectivity index is 1.53. The lowest BCUT2D eigenvalue weighted by atomic mass is 9.44. The average Bonchev–Trinajstić information content (AvgIpc) is 2.97. The van der Waals surface area contributed by atoms with Gasteiger partial charge in [0.25, 0.3) is 0 Å². The van der Waals surface area contributed by atoms with Crippen molar-refractivity contribution in [1.29, 1.82) is 0 Å². The van der Waals surface area contributed by atoms with Gasteiger partial charge in [0.2, 0.25) is 0 Å². The first-order valence-corrected chi connectivity index (χ1v) is 11.7. The van der Waals surface area contributed by atoms with E-state index in [1.807, 2.05) is 0 Å². The fraction of sp³-hybridized carbons (Fsp3) is 0.920. The molecular weight excluding hydrogens is 316 g/mol. The van der Waals surface area contributed by atoms with Crippen molar-refractivity contribution in [2.45, 2.75) is 97.5 Å².